The van der Waals surface area contributed by atoms with E-state index in [-0.39, 0.29) is 43.7 Å². The molecular formula is C49H68N10O10S2. The van der Waals surface area contributed by atoms with Gasteiger partial charge in [-0.1, -0.05) is 78.9 Å². The number of hydrogen-bond donors (Lipinski definition) is 15. The third-order valence-electron chi connectivity index (χ3n) is 11.7. The molecule has 71 heavy (non-hydrogen) atoms. The summed E-state index contributed by atoms with van der Waals surface area (Å²) in [5.41, 5.74) is 14.8. The van der Waals surface area contributed by atoms with E-state index in [1.807, 2.05) is 54.6 Å². The molecule has 386 valence electrons. The van der Waals surface area contributed by atoms with Crippen molar-refractivity contribution in [1.82, 2.24) is 42.2 Å². The molecular weight excluding hydrogens is 953 g/mol. The quantitative estimate of drug-likeness (QED) is 0.0222. The van der Waals surface area contributed by atoms with E-state index in [0.29, 0.717) is 24.0 Å². The number of amides is 7. The number of nitrogens with two attached hydrogens (primary N) is 2. The number of H-pyrrole nitrogens is 1. The van der Waals surface area contributed by atoms with Gasteiger partial charge < -0.3 is 69.0 Å². The van der Waals surface area contributed by atoms with Gasteiger partial charge in [-0.05, 0) is 68.8 Å². The second kappa shape index (κ2) is 29.4. The molecule has 20 nitrogen and oxygen atoms in total. The number of para-hydroxylation sites is 1. The maximum atomic E-state index is 14.6. The maximum absolute atomic E-state index is 14.6. The lowest BCUT2D eigenvalue weighted by Gasteiger charge is -2.28. The van der Waals surface area contributed by atoms with Crippen molar-refractivity contribution in [3.05, 3.63) is 108 Å². The summed E-state index contributed by atoms with van der Waals surface area (Å²) in [6.45, 7) is 2.25. The second-order valence-corrected chi connectivity index (χ2v) is 18.0. The number of thiol groups is 2. The van der Waals surface area contributed by atoms with Crippen LogP contribution < -0.4 is 48.7 Å². The van der Waals surface area contributed by atoms with Crippen molar-refractivity contribution in [2.24, 2.45) is 11.5 Å². The highest BCUT2D eigenvalue weighted by Gasteiger charge is 2.35. The summed E-state index contributed by atoms with van der Waals surface area (Å²) < 4.78 is 0. The topological polar surface area (TPSA) is 332 Å². The van der Waals surface area contributed by atoms with Gasteiger partial charge in [0, 0.05) is 41.4 Å². The van der Waals surface area contributed by atoms with Gasteiger partial charge in [0.2, 0.25) is 41.4 Å². The van der Waals surface area contributed by atoms with Crippen LogP contribution in [0.4, 0.5) is 0 Å². The average Bonchev–Trinajstić information content (AvgIpc) is 3.77. The Morgan fingerprint density at radius 3 is 1.59 bits per heavy atom. The fourth-order valence-corrected chi connectivity index (χ4v) is 8.03. The average molecular weight is 1020 g/mol. The Hall–Kier alpha value is -6.01. The first kappa shape index (κ1) is 57.6. The molecule has 2 unspecified atom stereocenters. The number of nitrogens with one attached hydrogen (secondary N) is 8. The van der Waals surface area contributed by atoms with E-state index in [2.05, 4.69) is 67.5 Å². The summed E-state index contributed by atoms with van der Waals surface area (Å²) >= 11 is 8.47. The van der Waals surface area contributed by atoms with Crippen LogP contribution in [0.15, 0.2) is 91.1 Å². The highest BCUT2D eigenvalue weighted by molar-refractivity contribution is 7.80. The van der Waals surface area contributed by atoms with E-state index in [1.165, 1.54) is 13.8 Å². The number of carbonyl (C=O) groups excluding carboxylic acids is 7. The molecule has 0 fully saturated rings. The van der Waals surface area contributed by atoms with E-state index in [0.717, 1.165) is 16.5 Å². The third kappa shape index (κ3) is 18.0. The van der Waals surface area contributed by atoms with E-state index in [1.54, 1.807) is 36.5 Å². The highest BCUT2D eigenvalue weighted by Crippen LogP contribution is 2.20. The molecule has 1 heterocycles. The van der Waals surface area contributed by atoms with Gasteiger partial charge in [-0.2, -0.15) is 25.3 Å². The molecule has 0 aliphatic rings. The molecule has 0 radical (unpaired) electrons. The zero-order valence-corrected chi connectivity index (χ0v) is 41.5. The standard InChI is InChI=1S/C49H68N10O10S2/c1-28(61)39(25-60)56-48(68)41(27-71)58-49(69)42(29(2)62)59-44(64)36(19-11-12-20-50)53-46(66)38(23-32-24-52-35-18-10-9-17-33(32)35)55-45(65)37(22-31-15-7-4-8-16-31)54-47(67)40(26-70)57-43(63)34(51)21-30-13-5-3-6-14-30/h3-10,13-18,24,28-29,34,36-42,52,60-62,70-71H,11-12,19-23,25-27,50-51H2,1-2H3,(H,53,66)(H,54,67)(H,55,65)(H,56,68)(H,57,63)(H,58,69)(H,59,64)/t28?,29-,34-,36+,37+,38-,39?,40+,41+,42+/m1/s1. The van der Waals surface area contributed by atoms with Gasteiger partial charge >= 0.3 is 0 Å². The number of benzene rings is 3. The summed E-state index contributed by atoms with van der Waals surface area (Å²) in [5, 5.41) is 49.2. The summed E-state index contributed by atoms with van der Waals surface area (Å²) in [4.78, 5) is 100. The lowest BCUT2D eigenvalue weighted by atomic mass is 10.0. The van der Waals surface area contributed by atoms with Gasteiger partial charge in [-0.25, -0.2) is 0 Å². The third-order valence-corrected chi connectivity index (χ3v) is 12.4. The SMILES string of the molecule is CC(O)C(CO)NC(=O)[C@H](CS)NC(=O)[C@@H](NC(=O)[C@H](CCCCN)NC(=O)[C@@H](Cc1c[nH]c2ccccc12)NC(=O)[C@H](Cc1ccccc1)NC(=O)[C@H](CS)NC(=O)[C@H](N)Cc1ccccc1)[C@@H](C)O. The summed E-state index contributed by atoms with van der Waals surface area (Å²) in [6.07, 6.45) is -0.0947. The Morgan fingerprint density at radius 1 is 0.563 bits per heavy atom. The Labute approximate surface area is 423 Å². The van der Waals surface area contributed by atoms with Crippen molar-refractivity contribution in [1.29, 1.82) is 0 Å². The molecule has 15 N–H and O–H groups in total. The molecule has 0 saturated heterocycles. The zero-order chi connectivity index (χ0) is 52.0. The molecule has 0 spiro atoms. The minimum atomic E-state index is -1.65. The van der Waals surface area contributed by atoms with Crippen LogP contribution in [0.2, 0.25) is 0 Å². The van der Waals surface area contributed by atoms with Crippen LogP contribution in [0.25, 0.3) is 10.9 Å². The van der Waals surface area contributed by atoms with Crippen LogP contribution in [0.3, 0.4) is 0 Å². The number of fused-ring (bicyclic) bond motifs is 1. The number of hydrogen-bond acceptors (Lipinski definition) is 14. The van der Waals surface area contributed by atoms with Crippen LogP contribution in [-0.4, -0.2) is 147 Å². The van der Waals surface area contributed by atoms with Crippen molar-refractivity contribution in [2.75, 3.05) is 24.7 Å². The Bertz CT molecular complexity index is 2360. The van der Waals surface area contributed by atoms with E-state index in [9.17, 15) is 48.9 Å². The monoisotopic (exact) mass is 1020 g/mol. The number of aromatic nitrogens is 1. The van der Waals surface area contributed by atoms with Gasteiger partial charge in [0.1, 0.15) is 36.3 Å². The molecule has 0 saturated carbocycles. The maximum Gasteiger partial charge on any atom is 0.245 e. The molecule has 4 rings (SSSR count). The number of aromatic amines is 1. The second-order valence-electron chi connectivity index (χ2n) is 17.3. The molecule has 3 aromatic carbocycles. The van der Waals surface area contributed by atoms with Crippen LogP contribution >= 0.6 is 25.3 Å². The normalized spacial score (nSPS) is 15.5. The van der Waals surface area contributed by atoms with Crippen molar-refractivity contribution in [3.63, 3.8) is 0 Å². The largest absolute Gasteiger partial charge is 0.394 e. The Morgan fingerprint density at radius 2 is 1.04 bits per heavy atom. The van der Waals surface area contributed by atoms with Crippen LogP contribution in [0, 0.1) is 0 Å². The van der Waals surface area contributed by atoms with E-state index in [4.69, 9.17) is 11.5 Å². The Kier molecular flexibility index (Phi) is 23.8. The molecule has 0 aliphatic carbocycles. The minimum Gasteiger partial charge on any atom is -0.394 e. The minimum absolute atomic E-state index is 0.0127. The number of aliphatic hydroxyl groups is 3. The first-order valence-electron chi connectivity index (χ1n) is 23.4. The molecule has 1 aromatic heterocycles. The zero-order valence-electron chi connectivity index (χ0n) is 39.8. The predicted molar refractivity (Wildman–Crippen MR) is 275 cm³/mol. The first-order chi connectivity index (χ1) is 34.0. The van der Waals surface area contributed by atoms with Gasteiger partial charge in [-0.3, -0.25) is 33.6 Å². The molecule has 7 amide bonds. The molecule has 22 heteroatoms. The van der Waals surface area contributed by atoms with Gasteiger partial charge in [0.25, 0.3) is 0 Å². The predicted octanol–water partition coefficient (Wildman–Crippen LogP) is -1.34. The molecule has 0 aliphatic heterocycles. The smallest absolute Gasteiger partial charge is 0.245 e. The summed E-state index contributed by atoms with van der Waals surface area (Å²) in [5.74, 6) is -5.96. The van der Waals surface area contributed by atoms with Gasteiger partial charge in [0.15, 0.2) is 0 Å². The van der Waals surface area contributed by atoms with Crippen LogP contribution in [0.5, 0.6) is 0 Å². The summed E-state index contributed by atoms with van der Waals surface area (Å²) in [6, 6.07) is 15.0. The van der Waals surface area contributed by atoms with Crippen molar-refractivity contribution >= 4 is 77.5 Å². The fraction of sp³-hybridized carbons (Fsp3) is 0.449. The van der Waals surface area contributed by atoms with Crippen LogP contribution in [0.1, 0.15) is 49.8 Å². The molecule has 0 bridgehead atoms. The van der Waals surface area contributed by atoms with E-state index < -0.39 is 108 Å². The van der Waals surface area contributed by atoms with Crippen molar-refractivity contribution in [3.8, 4) is 0 Å². The molecule has 4 aromatic rings. The lowest BCUT2D eigenvalue weighted by molar-refractivity contribution is -0.136. The first-order valence-corrected chi connectivity index (χ1v) is 24.7. The number of aliphatic hydroxyl groups excluding tert-OH is 3. The lowest BCUT2D eigenvalue weighted by Crippen LogP contribution is -2.62. The summed E-state index contributed by atoms with van der Waals surface area (Å²) in [7, 11) is 0. The van der Waals surface area contributed by atoms with Crippen molar-refractivity contribution < 1.29 is 48.9 Å². The van der Waals surface area contributed by atoms with E-state index >= 15 is 0 Å². The fourth-order valence-electron chi connectivity index (χ4n) is 7.52. The van der Waals surface area contributed by atoms with Gasteiger partial charge in [0.05, 0.1) is 30.9 Å². The highest BCUT2D eigenvalue weighted by atomic mass is 32.1. The number of unbranched alkanes of at least 4 members (excludes halogenated alkanes) is 1. The van der Waals surface area contributed by atoms with Crippen LogP contribution in [-0.2, 0) is 52.8 Å². The van der Waals surface area contributed by atoms with Gasteiger partial charge in [-0.15, -0.1) is 0 Å². The molecule has 10 atom stereocenters. The van der Waals surface area contributed by atoms with Crippen molar-refractivity contribution in [2.45, 2.75) is 113 Å². The Balaban J connectivity index is 1.61. The number of carbonyl (C=O) groups is 7. The number of rotatable bonds is 29.